The van der Waals surface area contributed by atoms with E-state index in [4.69, 9.17) is 4.74 Å². The normalized spacial score (nSPS) is 17.3. The third-order valence-corrected chi connectivity index (χ3v) is 6.74. The molecule has 2 aliphatic rings. The molecule has 1 N–H and O–H groups in total. The molecule has 2 fully saturated rings. The first-order valence-corrected chi connectivity index (χ1v) is 12.1. The molecule has 7 nitrogen and oxygen atoms in total. The number of amides is 1. The van der Waals surface area contributed by atoms with E-state index in [0.717, 1.165) is 60.6 Å². The molecule has 0 spiro atoms. The number of nitriles is 1. The van der Waals surface area contributed by atoms with Crippen molar-refractivity contribution >= 4 is 22.6 Å². The molecule has 0 atom stereocenters. The van der Waals surface area contributed by atoms with Gasteiger partial charge in [0.15, 0.2) is 0 Å². The molecule has 0 bridgehead atoms. The summed E-state index contributed by atoms with van der Waals surface area (Å²) in [6.07, 6.45) is 7.52. The molecule has 0 aliphatic carbocycles. The van der Waals surface area contributed by atoms with Crippen molar-refractivity contribution in [2.24, 2.45) is 0 Å². The monoisotopic (exact) mass is 467 g/mol. The summed E-state index contributed by atoms with van der Waals surface area (Å²) in [4.78, 5) is 24.3. The van der Waals surface area contributed by atoms with Gasteiger partial charge in [-0.2, -0.15) is 5.26 Å². The number of carbonyl (C=O) groups excluding carboxylic acids is 1. The van der Waals surface area contributed by atoms with Crippen LogP contribution in [0.4, 0.5) is 5.69 Å². The zero-order chi connectivity index (χ0) is 24.2. The molecular formula is C28H29N5O2. The third-order valence-electron chi connectivity index (χ3n) is 6.74. The van der Waals surface area contributed by atoms with E-state index in [1.54, 1.807) is 11.1 Å². The highest BCUT2D eigenvalue weighted by Gasteiger charge is 2.25. The van der Waals surface area contributed by atoms with E-state index >= 15 is 0 Å². The number of fused-ring (bicyclic) bond motifs is 1. The number of likely N-dealkylation sites (tertiary alicyclic amines) is 1. The molecule has 0 radical (unpaired) electrons. The van der Waals surface area contributed by atoms with Crippen molar-refractivity contribution < 1.29 is 9.53 Å². The fraction of sp³-hybridized carbons (Fsp3) is 0.321. The quantitative estimate of drug-likeness (QED) is 0.424. The molecular weight excluding hydrogens is 438 g/mol. The van der Waals surface area contributed by atoms with Gasteiger partial charge in [-0.3, -0.25) is 4.79 Å². The molecule has 0 saturated carbocycles. The molecule has 0 unspecified atom stereocenters. The Balaban J connectivity index is 1.39. The molecule has 7 heteroatoms. The summed E-state index contributed by atoms with van der Waals surface area (Å²) in [5, 5.41) is 10.8. The highest BCUT2D eigenvalue weighted by Crippen LogP contribution is 2.29. The van der Waals surface area contributed by atoms with Gasteiger partial charge in [0, 0.05) is 49.0 Å². The second kappa shape index (κ2) is 10.2. The summed E-state index contributed by atoms with van der Waals surface area (Å²) in [7, 11) is 0. The standard InChI is InChI=1S/C28H29N5O2/c1-2-26(33-13-3-4-27(33)34)22(19-29)6-5-20-11-12-30-28-24(20)18-25(31-28)21-7-9-23(10-8-21)32-14-16-35-17-15-32/h2,6-12,18H,3-5,13-17H2,1H3,(H,30,31)/b22-6-,26-2+. The molecule has 35 heavy (non-hydrogen) atoms. The van der Waals surface area contributed by atoms with E-state index in [-0.39, 0.29) is 5.91 Å². The average molecular weight is 468 g/mol. The number of pyridine rings is 1. The largest absolute Gasteiger partial charge is 0.378 e. The third kappa shape index (κ3) is 4.71. The van der Waals surface area contributed by atoms with Gasteiger partial charge in [-0.05, 0) is 55.2 Å². The summed E-state index contributed by atoms with van der Waals surface area (Å²) in [6.45, 7) is 5.91. The number of benzene rings is 1. The lowest BCUT2D eigenvalue weighted by Gasteiger charge is -2.28. The van der Waals surface area contributed by atoms with Gasteiger partial charge in [-0.1, -0.05) is 24.3 Å². The fourth-order valence-electron chi connectivity index (χ4n) is 4.87. The van der Waals surface area contributed by atoms with Crippen LogP contribution >= 0.6 is 0 Å². The highest BCUT2D eigenvalue weighted by atomic mass is 16.5. The molecule has 2 aliphatic heterocycles. The molecule has 5 rings (SSSR count). The van der Waals surface area contributed by atoms with E-state index in [9.17, 15) is 10.1 Å². The Bertz CT molecular complexity index is 1320. The summed E-state index contributed by atoms with van der Waals surface area (Å²) >= 11 is 0. The number of aromatic nitrogens is 2. The van der Waals surface area contributed by atoms with Crippen LogP contribution in [0.1, 0.15) is 25.3 Å². The average Bonchev–Trinajstić information content (AvgIpc) is 3.54. The Morgan fingerprint density at radius 3 is 2.69 bits per heavy atom. The molecule has 2 aromatic heterocycles. The van der Waals surface area contributed by atoms with Crippen molar-refractivity contribution in [3.8, 4) is 17.3 Å². The predicted octanol–water partition coefficient (Wildman–Crippen LogP) is 4.59. The molecule has 4 heterocycles. The number of anilines is 1. The van der Waals surface area contributed by atoms with Gasteiger partial charge in [0.25, 0.3) is 0 Å². The lowest BCUT2D eigenvalue weighted by molar-refractivity contribution is -0.125. The number of hydrogen-bond donors (Lipinski definition) is 1. The van der Waals surface area contributed by atoms with Crippen molar-refractivity contribution in [1.29, 1.82) is 5.26 Å². The minimum Gasteiger partial charge on any atom is -0.378 e. The lowest BCUT2D eigenvalue weighted by atomic mass is 10.0. The van der Waals surface area contributed by atoms with Crippen LogP contribution in [-0.2, 0) is 16.0 Å². The smallest absolute Gasteiger partial charge is 0.227 e. The molecule has 1 aromatic carbocycles. The zero-order valence-corrected chi connectivity index (χ0v) is 20.0. The van der Waals surface area contributed by atoms with Gasteiger partial charge in [0.2, 0.25) is 5.91 Å². The number of allylic oxidation sites excluding steroid dienone is 3. The maximum absolute atomic E-state index is 12.2. The van der Waals surface area contributed by atoms with Gasteiger partial charge in [-0.25, -0.2) is 4.98 Å². The number of rotatable bonds is 6. The maximum Gasteiger partial charge on any atom is 0.227 e. The maximum atomic E-state index is 12.2. The SMILES string of the molecule is C/C=C(\C(C#N)=C/Cc1ccnc2[nH]c(-c3ccc(N4CCOCC4)cc3)cc12)N1CCCC1=O. The van der Waals surface area contributed by atoms with Crippen LogP contribution in [0.3, 0.4) is 0 Å². The van der Waals surface area contributed by atoms with Gasteiger partial charge in [0.05, 0.1) is 24.5 Å². The number of nitrogens with one attached hydrogen (secondary N) is 1. The molecule has 3 aromatic rings. The van der Waals surface area contributed by atoms with Crippen molar-refractivity contribution in [1.82, 2.24) is 14.9 Å². The van der Waals surface area contributed by atoms with Gasteiger partial charge in [-0.15, -0.1) is 0 Å². The first-order chi connectivity index (χ1) is 17.2. The van der Waals surface area contributed by atoms with E-state index < -0.39 is 0 Å². The minimum atomic E-state index is 0.0838. The Labute approximate surface area is 205 Å². The highest BCUT2D eigenvalue weighted by molar-refractivity contribution is 5.86. The first-order valence-electron chi connectivity index (χ1n) is 12.1. The van der Waals surface area contributed by atoms with Crippen LogP contribution in [0.5, 0.6) is 0 Å². The van der Waals surface area contributed by atoms with Crippen LogP contribution < -0.4 is 4.90 Å². The number of ether oxygens (including phenoxy) is 1. The van der Waals surface area contributed by atoms with E-state index in [2.05, 4.69) is 51.3 Å². The van der Waals surface area contributed by atoms with Crippen molar-refractivity contribution in [3.63, 3.8) is 0 Å². The first kappa shape index (κ1) is 22.9. The van der Waals surface area contributed by atoms with Crippen LogP contribution in [0.15, 0.2) is 66.0 Å². The second-order valence-corrected chi connectivity index (χ2v) is 8.82. The lowest BCUT2D eigenvalue weighted by Crippen LogP contribution is -2.36. The Kier molecular flexibility index (Phi) is 6.64. The van der Waals surface area contributed by atoms with E-state index in [1.807, 2.05) is 25.1 Å². The fourth-order valence-corrected chi connectivity index (χ4v) is 4.87. The van der Waals surface area contributed by atoms with E-state index in [0.29, 0.717) is 30.7 Å². The van der Waals surface area contributed by atoms with Crippen LogP contribution in [0.2, 0.25) is 0 Å². The Morgan fingerprint density at radius 2 is 2.00 bits per heavy atom. The molecule has 178 valence electrons. The van der Waals surface area contributed by atoms with Gasteiger partial charge >= 0.3 is 0 Å². The van der Waals surface area contributed by atoms with Crippen LogP contribution in [0, 0.1) is 11.3 Å². The van der Waals surface area contributed by atoms with Crippen molar-refractivity contribution in [2.45, 2.75) is 26.2 Å². The zero-order valence-electron chi connectivity index (χ0n) is 20.0. The number of nitrogens with zero attached hydrogens (tertiary/aromatic N) is 4. The molecule has 1 amide bonds. The number of H-pyrrole nitrogens is 1. The van der Waals surface area contributed by atoms with Crippen molar-refractivity contribution in [3.05, 3.63) is 71.6 Å². The Hall–Kier alpha value is -3.89. The minimum absolute atomic E-state index is 0.0838. The molecule has 2 saturated heterocycles. The summed E-state index contributed by atoms with van der Waals surface area (Å²) in [6, 6.07) is 15.0. The second-order valence-electron chi connectivity index (χ2n) is 8.82. The number of aromatic amines is 1. The summed E-state index contributed by atoms with van der Waals surface area (Å²) in [5.41, 5.74) is 6.45. The van der Waals surface area contributed by atoms with Gasteiger partial charge in [0.1, 0.15) is 11.7 Å². The van der Waals surface area contributed by atoms with Crippen LogP contribution in [0.25, 0.3) is 22.3 Å². The van der Waals surface area contributed by atoms with Crippen molar-refractivity contribution in [2.75, 3.05) is 37.7 Å². The topological polar surface area (TPSA) is 85.2 Å². The summed E-state index contributed by atoms with van der Waals surface area (Å²) in [5.74, 6) is 0.0838. The van der Waals surface area contributed by atoms with Crippen LogP contribution in [-0.4, -0.2) is 53.6 Å². The Morgan fingerprint density at radius 1 is 1.20 bits per heavy atom. The van der Waals surface area contributed by atoms with Gasteiger partial charge < -0.3 is 19.5 Å². The number of morpholine rings is 1. The number of carbonyl (C=O) groups is 1. The summed E-state index contributed by atoms with van der Waals surface area (Å²) < 4.78 is 5.45. The van der Waals surface area contributed by atoms with E-state index in [1.165, 1.54) is 5.69 Å². The number of hydrogen-bond acceptors (Lipinski definition) is 5. The predicted molar refractivity (Wildman–Crippen MR) is 137 cm³/mol.